The minimum atomic E-state index is -0.470. The maximum atomic E-state index is 13.8. The molecule has 0 spiro atoms. The molecule has 0 amide bonds. The van der Waals surface area contributed by atoms with E-state index in [2.05, 4.69) is 15.6 Å². The van der Waals surface area contributed by atoms with Gasteiger partial charge in [-0.3, -0.25) is 0 Å². The van der Waals surface area contributed by atoms with Crippen LogP contribution in [0, 0.1) is 11.6 Å². The molecule has 0 radical (unpaired) electrons. The molecule has 2 N–H and O–H groups in total. The molecule has 7 heteroatoms. The lowest BCUT2D eigenvalue weighted by Gasteiger charge is -2.12. The highest BCUT2D eigenvalue weighted by Gasteiger charge is 2.11. The van der Waals surface area contributed by atoms with E-state index in [0.29, 0.717) is 32.3 Å². The lowest BCUT2D eigenvalue weighted by atomic mass is 10.2. The second-order valence-electron chi connectivity index (χ2n) is 6.12. The van der Waals surface area contributed by atoms with Gasteiger partial charge in [0.25, 0.3) is 0 Å². The third-order valence-electron chi connectivity index (χ3n) is 4.03. The van der Waals surface area contributed by atoms with Crippen LogP contribution in [0.4, 0.5) is 8.78 Å². The summed E-state index contributed by atoms with van der Waals surface area (Å²) in [6, 6.07) is 9.13. The molecule has 0 bridgehead atoms. The Morgan fingerprint density at radius 2 is 1.85 bits per heavy atom. The van der Waals surface area contributed by atoms with Gasteiger partial charge in [0.1, 0.15) is 11.6 Å². The van der Waals surface area contributed by atoms with Crippen molar-refractivity contribution >= 4 is 5.96 Å². The van der Waals surface area contributed by atoms with E-state index in [1.54, 1.807) is 0 Å². The Bertz CT molecular complexity index is 812. The van der Waals surface area contributed by atoms with Crippen molar-refractivity contribution < 1.29 is 18.3 Å². The molecule has 0 aromatic heterocycles. The number of guanidine groups is 1. The van der Waals surface area contributed by atoms with Crippen molar-refractivity contribution in [3.05, 3.63) is 59.2 Å². The van der Waals surface area contributed by atoms with Crippen LogP contribution in [0.3, 0.4) is 0 Å². The molecule has 3 rings (SSSR count). The first kappa shape index (κ1) is 18.9. The Labute approximate surface area is 157 Å². The second-order valence-corrected chi connectivity index (χ2v) is 6.12. The second kappa shape index (κ2) is 9.21. The van der Waals surface area contributed by atoms with Gasteiger partial charge in [0.05, 0.1) is 19.8 Å². The average Bonchev–Trinajstić information content (AvgIpc) is 2.91. The molecule has 0 atom stereocenters. The number of nitrogens with zero attached hydrogens (tertiary/aromatic N) is 1. The van der Waals surface area contributed by atoms with Gasteiger partial charge in [-0.15, -0.1) is 0 Å². The number of hydrogen-bond donors (Lipinski definition) is 2. The first-order valence-corrected chi connectivity index (χ1v) is 9.00. The van der Waals surface area contributed by atoms with E-state index in [0.717, 1.165) is 35.6 Å². The van der Waals surface area contributed by atoms with Crippen LogP contribution >= 0.6 is 0 Å². The molecular weight excluding hydrogens is 352 g/mol. The Kier molecular flexibility index (Phi) is 6.46. The molecule has 27 heavy (non-hydrogen) atoms. The minimum absolute atomic E-state index is 0.135. The van der Waals surface area contributed by atoms with Crippen LogP contribution in [0.15, 0.2) is 41.4 Å². The van der Waals surface area contributed by atoms with Crippen molar-refractivity contribution in [3.63, 3.8) is 0 Å². The molecule has 2 aromatic carbocycles. The van der Waals surface area contributed by atoms with Crippen LogP contribution in [0.1, 0.15) is 24.5 Å². The summed E-state index contributed by atoms with van der Waals surface area (Å²) in [5, 5.41) is 6.12. The summed E-state index contributed by atoms with van der Waals surface area (Å²) < 4.78 is 38.4. The number of aliphatic imine (C=N–C) groups is 1. The smallest absolute Gasteiger partial charge is 0.191 e. The maximum absolute atomic E-state index is 13.8. The molecule has 1 aliphatic heterocycles. The molecule has 1 aliphatic rings. The summed E-state index contributed by atoms with van der Waals surface area (Å²) in [4.78, 5) is 4.51. The topological polar surface area (TPSA) is 54.9 Å². The number of benzene rings is 2. The van der Waals surface area contributed by atoms with E-state index < -0.39 is 11.6 Å². The summed E-state index contributed by atoms with van der Waals surface area (Å²) in [6.07, 6.45) is 0.854. The van der Waals surface area contributed by atoms with Crippen molar-refractivity contribution in [1.29, 1.82) is 0 Å². The van der Waals surface area contributed by atoms with Crippen LogP contribution in [-0.4, -0.2) is 25.7 Å². The van der Waals surface area contributed by atoms with Gasteiger partial charge in [0.2, 0.25) is 0 Å². The van der Waals surface area contributed by atoms with E-state index >= 15 is 0 Å². The van der Waals surface area contributed by atoms with Gasteiger partial charge in [-0.1, -0.05) is 6.07 Å². The Morgan fingerprint density at radius 1 is 1.04 bits per heavy atom. The Balaban J connectivity index is 1.66. The minimum Gasteiger partial charge on any atom is -0.490 e. The Morgan fingerprint density at radius 3 is 2.67 bits per heavy atom. The first-order valence-electron chi connectivity index (χ1n) is 9.00. The highest BCUT2D eigenvalue weighted by Crippen LogP contribution is 2.30. The fourth-order valence-electron chi connectivity index (χ4n) is 2.68. The van der Waals surface area contributed by atoms with Crippen LogP contribution in [0.5, 0.6) is 11.5 Å². The summed E-state index contributed by atoms with van der Waals surface area (Å²) in [7, 11) is 0. The van der Waals surface area contributed by atoms with Crippen molar-refractivity contribution in [2.45, 2.75) is 26.4 Å². The van der Waals surface area contributed by atoms with Gasteiger partial charge >= 0.3 is 0 Å². The molecule has 5 nitrogen and oxygen atoms in total. The fraction of sp³-hybridized carbons (Fsp3) is 0.350. The van der Waals surface area contributed by atoms with E-state index in [1.807, 2.05) is 25.1 Å². The largest absolute Gasteiger partial charge is 0.490 e. The normalized spacial score (nSPS) is 13.8. The molecule has 0 aliphatic carbocycles. The predicted molar refractivity (Wildman–Crippen MR) is 100 cm³/mol. The molecule has 0 saturated heterocycles. The fourth-order valence-corrected chi connectivity index (χ4v) is 2.68. The number of halogens is 2. The van der Waals surface area contributed by atoms with E-state index in [-0.39, 0.29) is 12.1 Å². The zero-order valence-electron chi connectivity index (χ0n) is 15.2. The van der Waals surface area contributed by atoms with Gasteiger partial charge in [-0.25, -0.2) is 13.8 Å². The van der Waals surface area contributed by atoms with Gasteiger partial charge < -0.3 is 20.1 Å². The van der Waals surface area contributed by atoms with E-state index in [1.165, 1.54) is 6.07 Å². The number of fused-ring (bicyclic) bond motifs is 1. The lowest BCUT2D eigenvalue weighted by molar-refractivity contribution is 0.297. The third kappa shape index (κ3) is 5.32. The quantitative estimate of drug-likeness (QED) is 0.621. The predicted octanol–water partition coefficient (Wildman–Crippen LogP) is 3.38. The van der Waals surface area contributed by atoms with Crippen molar-refractivity contribution in [3.8, 4) is 11.5 Å². The van der Waals surface area contributed by atoms with Crippen molar-refractivity contribution in [1.82, 2.24) is 10.6 Å². The number of hydrogen-bond acceptors (Lipinski definition) is 3. The highest BCUT2D eigenvalue weighted by atomic mass is 19.1. The molecule has 144 valence electrons. The summed E-state index contributed by atoms with van der Waals surface area (Å²) in [6.45, 7) is 4.42. The van der Waals surface area contributed by atoms with E-state index in [9.17, 15) is 8.78 Å². The van der Waals surface area contributed by atoms with Gasteiger partial charge in [0.15, 0.2) is 17.5 Å². The van der Waals surface area contributed by atoms with Crippen LogP contribution < -0.4 is 20.1 Å². The van der Waals surface area contributed by atoms with Crippen LogP contribution in [0.2, 0.25) is 0 Å². The number of rotatable bonds is 5. The van der Waals surface area contributed by atoms with E-state index in [4.69, 9.17) is 9.47 Å². The van der Waals surface area contributed by atoms with Gasteiger partial charge in [0, 0.05) is 25.1 Å². The molecule has 0 saturated carbocycles. The lowest BCUT2D eigenvalue weighted by Crippen LogP contribution is -2.37. The van der Waals surface area contributed by atoms with Crippen molar-refractivity contribution in [2.75, 3.05) is 19.8 Å². The number of ether oxygens (including phenoxy) is 2. The van der Waals surface area contributed by atoms with Gasteiger partial charge in [-0.2, -0.15) is 0 Å². The highest BCUT2D eigenvalue weighted by molar-refractivity contribution is 5.79. The van der Waals surface area contributed by atoms with Crippen molar-refractivity contribution in [2.24, 2.45) is 4.99 Å². The molecule has 0 unspecified atom stereocenters. The molecule has 0 fully saturated rings. The average molecular weight is 375 g/mol. The summed E-state index contributed by atoms with van der Waals surface area (Å²) in [5.74, 6) is 1.06. The molecule has 1 heterocycles. The van der Waals surface area contributed by atoms with Crippen LogP contribution in [-0.2, 0) is 13.1 Å². The first-order chi connectivity index (χ1) is 13.2. The van der Waals surface area contributed by atoms with Crippen LogP contribution in [0.25, 0.3) is 0 Å². The van der Waals surface area contributed by atoms with Gasteiger partial charge in [-0.05, 0) is 42.8 Å². The SMILES string of the molecule is CCNC(=NCc1ccc2c(c1)OCCCO2)NCc1cc(F)ccc1F. The molecule has 2 aromatic rings. The molecular formula is C20H23F2N3O2. The maximum Gasteiger partial charge on any atom is 0.191 e. The number of nitrogens with one attached hydrogen (secondary N) is 2. The zero-order chi connectivity index (χ0) is 19.1. The Hall–Kier alpha value is -2.83. The zero-order valence-corrected chi connectivity index (χ0v) is 15.2. The standard InChI is InChI=1S/C20H23F2N3O2/c1-2-23-20(25-13-15-11-16(21)5-6-17(15)22)24-12-14-4-7-18-19(10-14)27-9-3-8-26-18/h4-7,10-11H,2-3,8-9,12-13H2,1H3,(H2,23,24,25). The third-order valence-corrected chi connectivity index (χ3v) is 4.03. The monoisotopic (exact) mass is 375 g/mol. The summed E-state index contributed by atoms with van der Waals surface area (Å²) >= 11 is 0. The summed E-state index contributed by atoms with van der Waals surface area (Å²) in [5.41, 5.74) is 1.21.